The van der Waals surface area contributed by atoms with Gasteiger partial charge in [0.15, 0.2) is 0 Å². The van der Waals surface area contributed by atoms with Crippen molar-refractivity contribution in [3.05, 3.63) is 58.6 Å². The Kier molecular flexibility index (Phi) is 5.50. The summed E-state index contributed by atoms with van der Waals surface area (Å²) in [7, 11) is -3.23. The van der Waals surface area contributed by atoms with Crippen molar-refractivity contribution in [2.75, 3.05) is 27.2 Å². The number of nitro groups is 1. The largest absolute Gasteiger partial charge is 0.374 e. The van der Waals surface area contributed by atoms with Crippen molar-refractivity contribution in [1.29, 1.82) is 0 Å². The van der Waals surface area contributed by atoms with Crippen LogP contribution in [0.15, 0.2) is 48.5 Å². The van der Waals surface area contributed by atoms with Gasteiger partial charge < -0.3 is 10.6 Å². The maximum Gasteiger partial charge on any atom is 0.271 e. The molecule has 3 rings (SSSR count). The number of hydrogen-bond acceptors (Lipinski definition) is 6. The van der Waals surface area contributed by atoms with Gasteiger partial charge in [-0.2, -0.15) is 0 Å². The predicted molar refractivity (Wildman–Crippen MR) is 107 cm³/mol. The number of nitrogens with zero attached hydrogens (tertiary/aromatic N) is 2. The van der Waals surface area contributed by atoms with Crippen LogP contribution in [0.1, 0.15) is 13.3 Å². The highest BCUT2D eigenvalue weighted by atomic mass is 32.2. The summed E-state index contributed by atoms with van der Waals surface area (Å²) in [6.45, 7) is 2.13. The fraction of sp³-hybridized carbons (Fsp3) is 0.278. The zero-order valence-electron chi connectivity index (χ0n) is 15.2. The van der Waals surface area contributed by atoms with Crippen LogP contribution in [0.5, 0.6) is 0 Å². The van der Waals surface area contributed by atoms with Crippen molar-refractivity contribution in [2.24, 2.45) is 0 Å². The van der Waals surface area contributed by atoms with Crippen molar-refractivity contribution in [2.45, 2.75) is 19.4 Å². The summed E-state index contributed by atoms with van der Waals surface area (Å²) in [5, 5.41) is 16.5. The maximum absolute atomic E-state index is 12.3. The second kappa shape index (κ2) is 7.85. The van der Waals surface area contributed by atoms with Crippen LogP contribution >= 0.6 is 0 Å². The summed E-state index contributed by atoms with van der Waals surface area (Å²) in [4.78, 5) is 22.6. The van der Waals surface area contributed by atoms with E-state index in [1.54, 1.807) is 37.3 Å². The molecule has 148 valence electrons. The molecule has 1 atom stereocenters. The van der Waals surface area contributed by atoms with Gasteiger partial charge in [-0.15, -0.1) is 0 Å². The Labute approximate surface area is 162 Å². The number of hydrogen-bond donors (Lipinski definition) is 2. The minimum atomic E-state index is -3.23. The van der Waals surface area contributed by atoms with E-state index in [0.717, 1.165) is 0 Å². The third kappa shape index (κ3) is 4.39. The molecule has 1 amide bonds. The first-order valence-corrected chi connectivity index (χ1v) is 10.3. The normalized spacial score (nSPS) is 16.4. The number of nitrogens with one attached hydrogen (secondary N) is 2. The van der Waals surface area contributed by atoms with Gasteiger partial charge in [0.25, 0.3) is 5.69 Å². The van der Waals surface area contributed by atoms with Gasteiger partial charge in [-0.25, -0.2) is 8.42 Å². The third-order valence-electron chi connectivity index (χ3n) is 4.36. The molecule has 1 heterocycles. The number of carbonyl (C=O) groups is 1. The average Bonchev–Trinajstić information content (AvgIpc) is 3.01. The van der Waals surface area contributed by atoms with Crippen molar-refractivity contribution in [1.82, 2.24) is 0 Å². The highest BCUT2D eigenvalue weighted by molar-refractivity contribution is 7.93. The Balaban J connectivity index is 1.62. The Morgan fingerprint density at radius 1 is 1.18 bits per heavy atom. The van der Waals surface area contributed by atoms with Crippen LogP contribution in [0.2, 0.25) is 0 Å². The van der Waals surface area contributed by atoms with Gasteiger partial charge in [0.05, 0.1) is 16.4 Å². The SMILES string of the molecule is CC(Nc1ccc(N2CCCS2(=O)=O)cc1)C(=O)Nc1cccc([N+](=O)[O-])c1. The van der Waals surface area contributed by atoms with Crippen LogP contribution in [0.25, 0.3) is 0 Å². The predicted octanol–water partition coefficient (Wildman–Crippen LogP) is 2.57. The van der Waals surface area contributed by atoms with Crippen LogP contribution < -0.4 is 14.9 Å². The molecule has 2 aromatic carbocycles. The molecule has 28 heavy (non-hydrogen) atoms. The lowest BCUT2D eigenvalue weighted by Crippen LogP contribution is -2.31. The summed E-state index contributed by atoms with van der Waals surface area (Å²) < 4.78 is 25.3. The molecule has 2 N–H and O–H groups in total. The quantitative estimate of drug-likeness (QED) is 0.564. The van der Waals surface area contributed by atoms with Crippen LogP contribution in [0.3, 0.4) is 0 Å². The molecule has 0 aliphatic carbocycles. The molecule has 1 fully saturated rings. The fourth-order valence-corrected chi connectivity index (χ4v) is 4.48. The van der Waals surface area contributed by atoms with E-state index in [9.17, 15) is 23.3 Å². The Morgan fingerprint density at radius 2 is 1.89 bits per heavy atom. The van der Waals surface area contributed by atoms with Gasteiger partial charge in [-0.3, -0.25) is 19.2 Å². The van der Waals surface area contributed by atoms with E-state index in [2.05, 4.69) is 10.6 Å². The molecule has 0 saturated carbocycles. The lowest BCUT2D eigenvalue weighted by Gasteiger charge is -2.19. The average molecular weight is 404 g/mol. The van der Waals surface area contributed by atoms with Crippen molar-refractivity contribution in [3.8, 4) is 0 Å². The summed E-state index contributed by atoms with van der Waals surface area (Å²) >= 11 is 0. The monoisotopic (exact) mass is 404 g/mol. The molecule has 1 saturated heterocycles. The molecule has 1 unspecified atom stereocenters. The number of amides is 1. The lowest BCUT2D eigenvalue weighted by molar-refractivity contribution is -0.384. The number of benzene rings is 2. The fourth-order valence-electron chi connectivity index (χ4n) is 2.92. The molecule has 9 nitrogen and oxygen atoms in total. The molecule has 1 aliphatic heterocycles. The molecule has 0 spiro atoms. The Morgan fingerprint density at radius 3 is 2.50 bits per heavy atom. The number of sulfonamides is 1. The van der Waals surface area contributed by atoms with Gasteiger partial charge in [-0.05, 0) is 43.7 Å². The molecular formula is C18H20N4O5S. The lowest BCUT2D eigenvalue weighted by atomic mass is 10.2. The molecule has 0 bridgehead atoms. The van der Waals surface area contributed by atoms with E-state index >= 15 is 0 Å². The van der Waals surface area contributed by atoms with Gasteiger partial charge in [-0.1, -0.05) is 6.07 Å². The minimum absolute atomic E-state index is 0.106. The van der Waals surface area contributed by atoms with Crippen LogP contribution in [-0.2, 0) is 14.8 Å². The summed E-state index contributed by atoms with van der Waals surface area (Å²) in [5.41, 5.74) is 1.48. The van der Waals surface area contributed by atoms with E-state index in [0.29, 0.717) is 30.0 Å². The summed E-state index contributed by atoms with van der Waals surface area (Å²) in [5.74, 6) is -0.200. The maximum atomic E-state index is 12.3. The smallest absolute Gasteiger partial charge is 0.271 e. The molecule has 2 aromatic rings. The van der Waals surface area contributed by atoms with Crippen molar-refractivity contribution < 1.29 is 18.1 Å². The van der Waals surface area contributed by atoms with Gasteiger partial charge in [0.1, 0.15) is 6.04 Å². The number of non-ortho nitro benzene ring substituents is 1. The first-order valence-electron chi connectivity index (χ1n) is 8.68. The van der Waals surface area contributed by atoms with Crippen LogP contribution in [0, 0.1) is 10.1 Å². The van der Waals surface area contributed by atoms with E-state index in [4.69, 9.17) is 0 Å². The second-order valence-corrected chi connectivity index (χ2v) is 8.46. The molecular weight excluding hydrogens is 384 g/mol. The third-order valence-corrected chi connectivity index (χ3v) is 6.23. The zero-order valence-corrected chi connectivity index (χ0v) is 16.0. The van der Waals surface area contributed by atoms with E-state index in [-0.39, 0.29) is 17.3 Å². The van der Waals surface area contributed by atoms with Gasteiger partial charge in [0, 0.05) is 30.1 Å². The molecule has 1 aliphatic rings. The van der Waals surface area contributed by atoms with E-state index < -0.39 is 21.0 Å². The number of nitro benzene ring substituents is 1. The van der Waals surface area contributed by atoms with Gasteiger partial charge >= 0.3 is 0 Å². The minimum Gasteiger partial charge on any atom is -0.374 e. The summed E-state index contributed by atoms with van der Waals surface area (Å²) in [6.07, 6.45) is 0.608. The molecule has 0 radical (unpaired) electrons. The molecule has 0 aromatic heterocycles. The van der Waals surface area contributed by atoms with E-state index in [1.807, 2.05) is 0 Å². The number of rotatable bonds is 6. The summed E-state index contributed by atoms with van der Waals surface area (Å²) in [6, 6.07) is 11.9. The number of carbonyl (C=O) groups excluding carboxylic acids is 1. The highest BCUT2D eigenvalue weighted by Gasteiger charge is 2.28. The Bertz CT molecular complexity index is 991. The van der Waals surface area contributed by atoms with Crippen LogP contribution in [0.4, 0.5) is 22.7 Å². The van der Waals surface area contributed by atoms with Crippen molar-refractivity contribution >= 4 is 38.7 Å². The Hall–Kier alpha value is -3.14. The van der Waals surface area contributed by atoms with Crippen molar-refractivity contribution in [3.63, 3.8) is 0 Å². The second-order valence-electron chi connectivity index (χ2n) is 6.45. The number of anilines is 3. The topological polar surface area (TPSA) is 122 Å². The van der Waals surface area contributed by atoms with E-state index in [1.165, 1.54) is 22.5 Å². The zero-order chi connectivity index (χ0) is 20.3. The van der Waals surface area contributed by atoms with Crippen LogP contribution in [-0.4, -0.2) is 37.6 Å². The first kappa shape index (κ1) is 19.6. The molecule has 10 heteroatoms. The first-order chi connectivity index (χ1) is 13.3. The van der Waals surface area contributed by atoms with Gasteiger partial charge in [0.2, 0.25) is 15.9 Å². The standard InChI is InChI=1S/C18H20N4O5S/c1-13(18(23)20-15-4-2-5-17(12-15)22(24)25)19-14-6-8-16(9-7-14)21-10-3-11-28(21,26)27/h2,4-9,12-13,19H,3,10-11H2,1H3,(H,20,23). The highest BCUT2D eigenvalue weighted by Crippen LogP contribution is 2.25.